The molecule has 0 atom stereocenters. The highest BCUT2D eigenvalue weighted by Gasteiger charge is 2.27. The minimum absolute atomic E-state index is 0.0872. The second-order valence-electron chi connectivity index (χ2n) is 5.44. The zero-order valence-corrected chi connectivity index (χ0v) is 11.3. The maximum Gasteiger partial charge on any atom is 0.0635 e. The number of halogens is 1. The molecule has 0 aromatic carbocycles. The SMILES string of the molecule is CC(C)(C)n1ncc(Br)c1C1CCCC1. The molecule has 0 saturated heterocycles. The normalized spacial score (nSPS) is 18.7. The van der Waals surface area contributed by atoms with Crippen molar-refractivity contribution in [1.82, 2.24) is 9.78 Å². The van der Waals surface area contributed by atoms with Crippen LogP contribution in [0.2, 0.25) is 0 Å². The van der Waals surface area contributed by atoms with Gasteiger partial charge >= 0.3 is 0 Å². The first-order valence-electron chi connectivity index (χ1n) is 5.74. The Morgan fingerprint density at radius 3 is 2.47 bits per heavy atom. The number of nitrogens with zero attached hydrogens (tertiary/aromatic N) is 2. The van der Waals surface area contributed by atoms with E-state index in [0.29, 0.717) is 5.92 Å². The lowest BCUT2D eigenvalue weighted by Gasteiger charge is -2.25. The van der Waals surface area contributed by atoms with Gasteiger partial charge in [-0.1, -0.05) is 12.8 Å². The average Bonchev–Trinajstić information content (AvgIpc) is 2.69. The van der Waals surface area contributed by atoms with Crippen molar-refractivity contribution in [3.8, 4) is 0 Å². The monoisotopic (exact) mass is 270 g/mol. The summed E-state index contributed by atoms with van der Waals surface area (Å²) >= 11 is 3.64. The highest BCUT2D eigenvalue weighted by molar-refractivity contribution is 9.10. The quantitative estimate of drug-likeness (QED) is 0.753. The molecule has 15 heavy (non-hydrogen) atoms. The van der Waals surface area contributed by atoms with Gasteiger partial charge in [-0.05, 0) is 49.5 Å². The Kier molecular flexibility index (Phi) is 2.93. The van der Waals surface area contributed by atoms with Crippen LogP contribution in [0.4, 0.5) is 0 Å². The van der Waals surface area contributed by atoms with Crippen molar-refractivity contribution in [3.63, 3.8) is 0 Å². The van der Waals surface area contributed by atoms with Crippen molar-refractivity contribution in [3.05, 3.63) is 16.4 Å². The molecule has 0 spiro atoms. The van der Waals surface area contributed by atoms with Crippen molar-refractivity contribution in [2.24, 2.45) is 0 Å². The Morgan fingerprint density at radius 2 is 1.93 bits per heavy atom. The van der Waals surface area contributed by atoms with Crippen LogP contribution in [0, 0.1) is 0 Å². The van der Waals surface area contributed by atoms with E-state index in [0.717, 1.165) is 0 Å². The Morgan fingerprint density at radius 1 is 1.33 bits per heavy atom. The zero-order valence-electron chi connectivity index (χ0n) is 9.76. The second-order valence-corrected chi connectivity index (χ2v) is 6.30. The highest BCUT2D eigenvalue weighted by atomic mass is 79.9. The third-order valence-corrected chi connectivity index (χ3v) is 3.75. The van der Waals surface area contributed by atoms with Gasteiger partial charge in [-0.25, -0.2) is 0 Å². The van der Waals surface area contributed by atoms with Crippen molar-refractivity contribution in [2.45, 2.75) is 57.9 Å². The molecule has 1 aliphatic rings. The Labute approximate surface area is 100 Å². The summed E-state index contributed by atoms with van der Waals surface area (Å²) in [5.74, 6) is 0.709. The van der Waals surface area contributed by atoms with Gasteiger partial charge in [0.05, 0.1) is 21.9 Å². The third-order valence-electron chi connectivity index (χ3n) is 3.14. The highest BCUT2D eigenvalue weighted by Crippen LogP contribution is 2.39. The van der Waals surface area contributed by atoms with Gasteiger partial charge in [-0.2, -0.15) is 5.10 Å². The lowest BCUT2D eigenvalue weighted by atomic mass is 10.0. The molecule has 84 valence electrons. The molecule has 1 heterocycles. The standard InChI is InChI=1S/C12H19BrN2/c1-12(2,3)15-11(10(13)8-14-15)9-6-4-5-7-9/h8-9H,4-7H2,1-3H3. The minimum atomic E-state index is 0.0872. The van der Waals surface area contributed by atoms with E-state index < -0.39 is 0 Å². The van der Waals surface area contributed by atoms with Gasteiger partial charge in [-0.3, -0.25) is 4.68 Å². The van der Waals surface area contributed by atoms with Gasteiger partial charge in [-0.15, -0.1) is 0 Å². The molecule has 0 amide bonds. The predicted molar refractivity (Wildman–Crippen MR) is 66.1 cm³/mol. The molecule has 0 bridgehead atoms. The van der Waals surface area contributed by atoms with E-state index in [9.17, 15) is 0 Å². The maximum absolute atomic E-state index is 4.50. The van der Waals surface area contributed by atoms with E-state index in [1.165, 1.54) is 35.8 Å². The Bertz CT molecular complexity index is 343. The molecule has 0 radical (unpaired) electrons. The van der Waals surface area contributed by atoms with E-state index in [2.05, 4.69) is 46.5 Å². The summed E-state index contributed by atoms with van der Waals surface area (Å²) < 4.78 is 3.37. The molecule has 1 aliphatic carbocycles. The van der Waals surface area contributed by atoms with Crippen LogP contribution < -0.4 is 0 Å². The van der Waals surface area contributed by atoms with Crippen LogP contribution in [0.3, 0.4) is 0 Å². The topological polar surface area (TPSA) is 17.8 Å². The van der Waals surface area contributed by atoms with Gasteiger partial charge in [0.25, 0.3) is 0 Å². The molecule has 2 rings (SSSR count). The van der Waals surface area contributed by atoms with Crippen LogP contribution in [0.25, 0.3) is 0 Å². The summed E-state index contributed by atoms with van der Waals surface area (Å²) in [6.45, 7) is 6.64. The maximum atomic E-state index is 4.50. The molecule has 2 nitrogen and oxygen atoms in total. The van der Waals surface area contributed by atoms with Gasteiger partial charge in [0.1, 0.15) is 0 Å². The van der Waals surface area contributed by atoms with Crippen molar-refractivity contribution >= 4 is 15.9 Å². The number of rotatable bonds is 1. The minimum Gasteiger partial charge on any atom is -0.263 e. The van der Waals surface area contributed by atoms with Gasteiger partial charge in [0.2, 0.25) is 0 Å². The fourth-order valence-corrected chi connectivity index (χ4v) is 3.02. The van der Waals surface area contributed by atoms with Crippen molar-refractivity contribution in [1.29, 1.82) is 0 Å². The smallest absolute Gasteiger partial charge is 0.0635 e. The molecular weight excluding hydrogens is 252 g/mol. The Balaban J connectivity index is 2.39. The molecule has 1 aromatic heterocycles. The first-order valence-corrected chi connectivity index (χ1v) is 6.53. The summed E-state index contributed by atoms with van der Waals surface area (Å²) in [6, 6.07) is 0. The molecule has 1 aromatic rings. The summed E-state index contributed by atoms with van der Waals surface area (Å²) in [5.41, 5.74) is 1.49. The molecule has 1 fully saturated rings. The lowest BCUT2D eigenvalue weighted by Crippen LogP contribution is -2.26. The van der Waals surface area contributed by atoms with E-state index in [1.54, 1.807) is 0 Å². The van der Waals surface area contributed by atoms with Gasteiger partial charge < -0.3 is 0 Å². The van der Waals surface area contributed by atoms with E-state index in [-0.39, 0.29) is 5.54 Å². The molecule has 0 N–H and O–H groups in total. The Hall–Kier alpha value is -0.310. The summed E-state index contributed by atoms with van der Waals surface area (Å²) in [7, 11) is 0. The lowest BCUT2D eigenvalue weighted by molar-refractivity contribution is 0.335. The van der Waals surface area contributed by atoms with Crippen molar-refractivity contribution in [2.75, 3.05) is 0 Å². The first-order chi connectivity index (χ1) is 7.00. The van der Waals surface area contributed by atoms with E-state index in [4.69, 9.17) is 0 Å². The third kappa shape index (κ3) is 2.12. The molecule has 1 saturated carbocycles. The molecule has 3 heteroatoms. The second kappa shape index (κ2) is 3.93. The van der Waals surface area contributed by atoms with Crippen LogP contribution in [0.1, 0.15) is 58.1 Å². The number of hydrogen-bond acceptors (Lipinski definition) is 1. The molecule has 0 aliphatic heterocycles. The zero-order chi connectivity index (χ0) is 11.1. The number of aromatic nitrogens is 2. The van der Waals surface area contributed by atoms with Gasteiger partial charge in [0, 0.05) is 5.92 Å². The van der Waals surface area contributed by atoms with Crippen LogP contribution in [0.5, 0.6) is 0 Å². The van der Waals surface area contributed by atoms with Crippen LogP contribution in [-0.4, -0.2) is 9.78 Å². The fourth-order valence-electron chi connectivity index (χ4n) is 2.44. The summed E-state index contributed by atoms with van der Waals surface area (Å²) in [6.07, 6.45) is 7.32. The van der Waals surface area contributed by atoms with Crippen LogP contribution in [0.15, 0.2) is 10.7 Å². The summed E-state index contributed by atoms with van der Waals surface area (Å²) in [5, 5.41) is 4.50. The summed E-state index contributed by atoms with van der Waals surface area (Å²) in [4.78, 5) is 0. The fraction of sp³-hybridized carbons (Fsp3) is 0.750. The predicted octanol–water partition coefficient (Wildman–Crippen LogP) is 4.06. The number of hydrogen-bond donors (Lipinski definition) is 0. The van der Waals surface area contributed by atoms with Gasteiger partial charge in [0.15, 0.2) is 0 Å². The molecular formula is C12H19BrN2. The van der Waals surface area contributed by atoms with Crippen LogP contribution >= 0.6 is 15.9 Å². The first kappa shape index (κ1) is 11.2. The average molecular weight is 271 g/mol. The largest absolute Gasteiger partial charge is 0.263 e. The van der Waals surface area contributed by atoms with E-state index in [1.807, 2.05) is 6.20 Å². The van der Waals surface area contributed by atoms with Crippen LogP contribution in [-0.2, 0) is 5.54 Å². The van der Waals surface area contributed by atoms with Crippen molar-refractivity contribution < 1.29 is 0 Å². The molecule has 0 unspecified atom stereocenters. The van der Waals surface area contributed by atoms with E-state index >= 15 is 0 Å².